The fourth-order valence-electron chi connectivity index (χ4n) is 2.86. The van der Waals surface area contributed by atoms with Crippen LogP contribution in [0.2, 0.25) is 0 Å². The van der Waals surface area contributed by atoms with Crippen LogP contribution in [0.5, 0.6) is 0 Å². The van der Waals surface area contributed by atoms with Crippen molar-refractivity contribution in [3.05, 3.63) is 58.1 Å². The molecule has 0 aliphatic carbocycles. The van der Waals surface area contributed by atoms with Crippen LogP contribution >= 0.6 is 11.3 Å². The Morgan fingerprint density at radius 3 is 2.76 bits per heavy atom. The van der Waals surface area contributed by atoms with Gasteiger partial charge in [0.05, 0.1) is 18.3 Å². The highest BCUT2D eigenvalue weighted by atomic mass is 32.1. The largest absolute Gasteiger partial charge is 0.397 e. The van der Waals surface area contributed by atoms with E-state index in [1.54, 1.807) is 7.11 Å². The number of thiophene rings is 1. The third kappa shape index (κ3) is 3.50. The zero-order valence-electron chi connectivity index (χ0n) is 14.5. The molecule has 3 N–H and O–H groups in total. The van der Waals surface area contributed by atoms with Crippen LogP contribution in [-0.4, -0.2) is 18.0 Å². The van der Waals surface area contributed by atoms with E-state index in [1.807, 2.05) is 50.2 Å². The maximum Gasteiger partial charge on any atom is 0.264 e. The number of carbonyl (C=O) groups excluding carboxylic acids is 1. The van der Waals surface area contributed by atoms with Crippen molar-refractivity contribution in [2.45, 2.75) is 26.5 Å². The Hall–Kier alpha value is -2.44. The number of methoxy groups -OCH3 is 1. The van der Waals surface area contributed by atoms with Crippen LogP contribution in [-0.2, 0) is 11.3 Å². The standard InChI is InChI=1S/C19H21N3O2S/c1-11-9-14(10-24-3)15-16(20)17(25-19(15)21-11)18(23)22-12(2)13-7-5-4-6-8-13/h4-9,12H,10,20H2,1-3H3,(H,22,23)/t12-/m1/s1. The normalized spacial score (nSPS) is 12.3. The number of pyridine rings is 1. The van der Waals surface area contributed by atoms with Gasteiger partial charge in [-0.15, -0.1) is 11.3 Å². The van der Waals surface area contributed by atoms with Gasteiger partial charge >= 0.3 is 0 Å². The first-order valence-electron chi connectivity index (χ1n) is 8.04. The van der Waals surface area contributed by atoms with E-state index < -0.39 is 0 Å². The van der Waals surface area contributed by atoms with Crippen LogP contribution in [0.4, 0.5) is 5.69 Å². The van der Waals surface area contributed by atoms with Crippen molar-refractivity contribution in [3.8, 4) is 0 Å². The molecule has 0 spiro atoms. The zero-order valence-corrected chi connectivity index (χ0v) is 15.3. The summed E-state index contributed by atoms with van der Waals surface area (Å²) < 4.78 is 5.26. The summed E-state index contributed by atoms with van der Waals surface area (Å²) in [5.74, 6) is -0.183. The predicted molar refractivity (Wildman–Crippen MR) is 102 cm³/mol. The maximum atomic E-state index is 12.7. The molecule has 5 nitrogen and oxygen atoms in total. The molecule has 0 unspecified atom stereocenters. The summed E-state index contributed by atoms with van der Waals surface area (Å²) in [5.41, 5.74) is 9.64. The number of nitrogens with one attached hydrogen (secondary N) is 1. The molecule has 0 fully saturated rings. The Kier molecular flexibility index (Phi) is 5.01. The summed E-state index contributed by atoms with van der Waals surface area (Å²) in [6.45, 7) is 4.31. The van der Waals surface area contributed by atoms with Gasteiger partial charge in [0.15, 0.2) is 0 Å². The number of anilines is 1. The fraction of sp³-hybridized carbons (Fsp3) is 0.263. The van der Waals surface area contributed by atoms with E-state index in [0.29, 0.717) is 17.2 Å². The van der Waals surface area contributed by atoms with Crippen molar-refractivity contribution in [2.24, 2.45) is 0 Å². The molecule has 1 aromatic carbocycles. The minimum atomic E-state index is -0.183. The first-order valence-corrected chi connectivity index (χ1v) is 8.86. The molecule has 1 amide bonds. The number of fused-ring (bicyclic) bond motifs is 1. The van der Waals surface area contributed by atoms with E-state index in [0.717, 1.165) is 27.0 Å². The number of benzene rings is 1. The van der Waals surface area contributed by atoms with E-state index >= 15 is 0 Å². The van der Waals surface area contributed by atoms with Gasteiger partial charge in [-0.2, -0.15) is 0 Å². The van der Waals surface area contributed by atoms with Crippen molar-refractivity contribution >= 4 is 33.1 Å². The molecule has 2 aromatic heterocycles. The highest BCUT2D eigenvalue weighted by Gasteiger charge is 2.21. The third-order valence-electron chi connectivity index (χ3n) is 4.06. The van der Waals surface area contributed by atoms with E-state index in [1.165, 1.54) is 11.3 Å². The molecule has 3 aromatic rings. The van der Waals surface area contributed by atoms with E-state index in [4.69, 9.17) is 10.5 Å². The van der Waals surface area contributed by atoms with Crippen molar-refractivity contribution in [1.82, 2.24) is 10.3 Å². The average molecular weight is 355 g/mol. The SMILES string of the molecule is COCc1cc(C)nc2sc(C(=O)N[C@H](C)c3ccccc3)c(N)c12. The molecule has 0 saturated heterocycles. The quantitative estimate of drug-likeness (QED) is 0.729. The summed E-state index contributed by atoms with van der Waals surface area (Å²) in [6.07, 6.45) is 0. The molecule has 1 atom stereocenters. The van der Waals surface area contributed by atoms with E-state index in [-0.39, 0.29) is 11.9 Å². The zero-order chi connectivity index (χ0) is 18.0. The van der Waals surface area contributed by atoms with Gasteiger partial charge in [-0.05, 0) is 31.0 Å². The summed E-state index contributed by atoms with van der Waals surface area (Å²) in [6, 6.07) is 11.7. The van der Waals surface area contributed by atoms with Gasteiger partial charge in [0.2, 0.25) is 0 Å². The van der Waals surface area contributed by atoms with Gasteiger partial charge in [0, 0.05) is 18.2 Å². The molecule has 0 aliphatic rings. The topological polar surface area (TPSA) is 77.2 Å². The number of rotatable bonds is 5. The van der Waals surface area contributed by atoms with E-state index in [9.17, 15) is 4.79 Å². The third-order valence-corrected chi connectivity index (χ3v) is 5.16. The van der Waals surface area contributed by atoms with Crippen molar-refractivity contribution < 1.29 is 9.53 Å². The molecule has 130 valence electrons. The summed E-state index contributed by atoms with van der Waals surface area (Å²) in [4.78, 5) is 18.5. The fourth-order valence-corrected chi connectivity index (χ4v) is 3.95. The van der Waals surface area contributed by atoms with E-state index in [2.05, 4.69) is 10.3 Å². The molecule has 0 bridgehead atoms. The van der Waals surface area contributed by atoms with Crippen LogP contribution in [0.15, 0.2) is 36.4 Å². The number of nitrogens with zero attached hydrogens (tertiary/aromatic N) is 1. The van der Waals surface area contributed by atoms with Crippen molar-refractivity contribution in [2.75, 3.05) is 12.8 Å². The number of aromatic nitrogens is 1. The number of hydrogen-bond acceptors (Lipinski definition) is 5. The van der Waals surface area contributed by atoms with Crippen LogP contribution in [0.1, 0.15) is 39.5 Å². The Morgan fingerprint density at radius 1 is 1.36 bits per heavy atom. The predicted octanol–water partition coefficient (Wildman–Crippen LogP) is 3.82. The van der Waals surface area contributed by atoms with Gasteiger partial charge in [-0.3, -0.25) is 4.79 Å². The van der Waals surface area contributed by atoms with Crippen molar-refractivity contribution in [1.29, 1.82) is 0 Å². The Balaban J connectivity index is 1.94. The minimum Gasteiger partial charge on any atom is -0.397 e. The smallest absolute Gasteiger partial charge is 0.264 e. The van der Waals surface area contributed by atoms with Gasteiger partial charge in [0.1, 0.15) is 9.71 Å². The number of ether oxygens (including phenoxy) is 1. The molecule has 2 heterocycles. The van der Waals surface area contributed by atoms with Gasteiger partial charge in [-0.25, -0.2) is 4.98 Å². The average Bonchev–Trinajstić information content (AvgIpc) is 2.92. The molecule has 0 radical (unpaired) electrons. The molecular formula is C19H21N3O2S. The lowest BCUT2D eigenvalue weighted by Crippen LogP contribution is -2.26. The van der Waals surface area contributed by atoms with Gasteiger partial charge in [0.25, 0.3) is 5.91 Å². The summed E-state index contributed by atoms with van der Waals surface area (Å²) in [5, 5.41) is 3.83. The van der Waals surface area contributed by atoms with Crippen LogP contribution < -0.4 is 11.1 Å². The number of hydrogen-bond donors (Lipinski definition) is 2. The second-order valence-corrected chi connectivity index (χ2v) is 6.99. The monoisotopic (exact) mass is 355 g/mol. The van der Waals surface area contributed by atoms with Crippen molar-refractivity contribution in [3.63, 3.8) is 0 Å². The second-order valence-electron chi connectivity index (χ2n) is 5.99. The van der Waals surface area contributed by atoms with Crippen LogP contribution in [0.3, 0.4) is 0 Å². The van der Waals surface area contributed by atoms with Crippen LogP contribution in [0.25, 0.3) is 10.2 Å². The number of amides is 1. The highest BCUT2D eigenvalue weighted by molar-refractivity contribution is 7.21. The molecule has 25 heavy (non-hydrogen) atoms. The highest BCUT2D eigenvalue weighted by Crippen LogP contribution is 2.35. The maximum absolute atomic E-state index is 12.7. The molecule has 0 aliphatic heterocycles. The number of aryl methyl sites for hydroxylation is 1. The first-order chi connectivity index (χ1) is 12.0. The first kappa shape index (κ1) is 17.4. The lowest BCUT2D eigenvalue weighted by molar-refractivity contribution is 0.0945. The van der Waals surface area contributed by atoms with Crippen LogP contribution in [0, 0.1) is 6.92 Å². The molecular weight excluding hydrogens is 334 g/mol. The molecule has 0 saturated carbocycles. The Bertz CT molecular complexity index is 906. The van der Waals surface area contributed by atoms with Gasteiger partial charge in [-0.1, -0.05) is 30.3 Å². The summed E-state index contributed by atoms with van der Waals surface area (Å²) >= 11 is 1.32. The number of nitrogen functional groups attached to an aromatic ring is 1. The second kappa shape index (κ2) is 7.21. The lowest BCUT2D eigenvalue weighted by Gasteiger charge is -2.13. The minimum absolute atomic E-state index is 0.105. The lowest BCUT2D eigenvalue weighted by atomic mass is 10.1. The molecule has 6 heteroatoms. The van der Waals surface area contributed by atoms with Gasteiger partial charge < -0.3 is 15.8 Å². The Morgan fingerprint density at radius 2 is 2.08 bits per heavy atom. The summed E-state index contributed by atoms with van der Waals surface area (Å²) in [7, 11) is 1.64. The Labute approximate surface area is 150 Å². The number of carbonyl (C=O) groups is 1. The molecule has 3 rings (SSSR count). The number of nitrogens with two attached hydrogens (primary N) is 1.